The van der Waals surface area contributed by atoms with Crippen LogP contribution in [0.2, 0.25) is 0 Å². The van der Waals surface area contributed by atoms with Crippen molar-refractivity contribution in [3.63, 3.8) is 0 Å². The fourth-order valence-corrected chi connectivity index (χ4v) is 1.13. The van der Waals surface area contributed by atoms with Gasteiger partial charge in [0.1, 0.15) is 5.69 Å². The Morgan fingerprint density at radius 1 is 1.53 bits per heavy atom. The van der Waals surface area contributed by atoms with Crippen LogP contribution in [-0.2, 0) is 6.42 Å². The zero-order chi connectivity index (χ0) is 11.3. The molecule has 15 heavy (non-hydrogen) atoms. The van der Waals surface area contributed by atoms with E-state index in [1.165, 1.54) is 6.08 Å². The van der Waals surface area contributed by atoms with E-state index in [4.69, 9.17) is 0 Å². The first-order valence-corrected chi connectivity index (χ1v) is 4.97. The molecule has 0 N–H and O–H groups in total. The van der Waals surface area contributed by atoms with Crippen LogP contribution in [0.5, 0.6) is 0 Å². The number of carbonyl (C=O) groups is 1. The third-order valence-corrected chi connectivity index (χ3v) is 2.01. The lowest BCUT2D eigenvalue weighted by Gasteiger charge is -2.03. The molecule has 0 fully saturated rings. The summed E-state index contributed by atoms with van der Waals surface area (Å²) in [5.41, 5.74) is 1.64. The first kappa shape index (κ1) is 11.4. The third kappa shape index (κ3) is 3.54. The van der Waals surface area contributed by atoms with Gasteiger partial charge in [0, 0.05) is 32.6 Å². The number of nitrogens with zero attached hydrogens (tertiary/aromatic N) is 2. The summed E-state index contributed by atoms with van der Waals surface area (Å²) in [6.07, 6.45) is 5.85. The molecular formula is C12H16N2O. The number of allylic oxidation sites excluding steroid dienone is 1. The number of aromatic nitrogens is 1. The number of hydrogen-bond donors (Lipinski definition) is 0. The standard InChI is InChI=1S/C12H16N2O/c1-4-10-5-7-13-11(9-10)12(15)6-8-14(2)3/h5-9H,4H2,1-3H3/b8-6+. The zero-order valence-electron chi connectivity index (χ0n) is 9.40. The molecule has 1 aromatic rings. The second-order valence-corrected chi connectivity index (χ2v) is 3.55. The van der Waals surface area contributed by atoms with E-state index in [0.29, 0.717) is 5.69 Å². The molecule has 0 aliphatic heterocycles. The van der Waals surface area contributed by atoms with Gasteiger partial charge in [-0.05, 0) is 24.1 Å². The molecule has 0 aliphatic carbocycles. The van der Waals surface area contributed by atoms with Crippen LogP contribution in [0.3, 0.4) is 0 Å². The van der Waals surface area contributed by atoms with Crippen LogP contribution < -0.4 is 0 Å². The Bertz CT molecular complexity index is 370. The van der Waals surface area contributed by atoms with Crippen LogP contribution in [0.25, 0.3) is 0 Å². The summed E-state index contributed by atoms with van der Waals surface area (Å²) in [6.45, 7) is 2.05. The molecule has 3 nitrogen and oxygen atoms in total. The number of pyridine rings is 1. The lowest BCUT2D eigenvalue weighted by molar-refractivity contribution is 0.104. The molecule has 3 heteroatoms. The van der Waals surface area contributed by atoms with Crippen molar-refractivity contribution < 1.29 is 4.79 Å². The molecule has 0 spiro atoms. The van der Waals surface area contributed by atoms with Gasteiger partial charge >= 0.3 is 0 Å². The van der Waals surface area contributed by atoms with Gasteiger partial charge in [-0.3, -0.25) is 9.78 Å². The van der Waals surface area contributed by atoms with E-state index in [2.05, 4.69) is 11.9 Å². The van der Waals surface area contributed by atoms with Crippen LogP contribution in [0.4, 0.5) is 0 Å². The minimum Gasteiger partial charge on any atom is -0.383 e. The van der Waals surface area contributed by atoms with Crippen molar-refractivity contribution in [3.8, 4) is 0 Å². The van der Waals surface area contributed by atoms with Gasteiger partial charge in [-0.1, -0.05) is 6.92 Å². The van der Waals surface area contributed by atoms with Crippen LogP contribution >= 0.6 is 0 Å². The average Bonchev–Trinajstić information content (AvgIpc) is 2.26. The monoisotopic (exact) mass is 204 g/mol. The Balaban J connectivity index is 2.82. The predicted molar refractivity (Wildman–Crippen MR) is 60.8 cm³/mol. The van der Waals surface area contributed by atoms with Crippen molar-refractivity contribution in [1.82, 2.24) is 9.88 Å². The highest BCUT2D eigenvalue weighted by Crippen LogP contribution is 2.04. The molecule has 0 amide bonds. The summed E-state index contributed by atoms with van der Waals surface area (Å²) in [6, 6.07) is 3.76. The van der Waals surface area contributed by atoms with Crippen molar-refractivity contribution >= 4 is 5.78 Å². The summed E-state index contributed by atoms with van der Waals surface area (Å²) in [5, 5.41) is 0. The molecule has 0 aliphatic rings. The Morgan fingerprint density at radius 3 is 2.87 bits per heavy atom. The van der Waals surface area contributed by atoms with Gasteiger partial charge in [-0.15, -0.1) is 0 Å². The van der Waals surface area contributed by atoms with E-state index >= 15 is 0 Å². The maximum Gasteiger partial charge on any atom is 0.205 e. The van der Waals surface area contributed by atoms with Crippen molar-refractivity contribution in [2.75, 3.05) is 14.1 Å². The quantitative estimate of drug-likeness (QED) is 0.555. The summed E-state index contributed by atoms with van der Waals surface area (Å²) in [4.78, 5) is 17.5. The van der Waals surface area contributed by atoms with Crippen molar-refractivity contribution in [3.05, 3.63) is 41.9 Å². The maximum absolute atomic E-state index is 11.6. The Hall–Kier alpha value is -1.64. The van der Waals surface area contributed by atoms with Crippen molar-refractivity contribution in [2.24, 2.45) is 0 Å². The first-order valence-electron chi connectivity index (χ1n) is 4.97. The van der Waals surface area contributed by atoms with Crippen molar-refractivity contribution in [1.29, 1.82) is 0 Å². The Kier molecular flexibility index (Phi) is 4.03. The molecule has 0 radical (unpaired) electrons. The molecular weight excluding hydrogens is 188 g/mol. The Labute approximate surface area is 90.4 Å². The van der Waals surface area contributed by atoms with E-state index in [1.54, 1.807) is 12.4 Å². The van der Waals surface area contributed by atoms with Gasteiger partial charge in [0.15, 0.2) is 0 Å². The smallest absolute Gasteiger partial charge is 0.205 e. The first-order chi connectivity index (χ1) is 7.13. The topological polar surface area (TPSA) is 33.2 Å². The molecule has 0 saturated heterocycles. The molecule has 80 valence electrons. The van der Waals surface area contributed by atoms with Crippen LogP contribution in [0.15, 0.2) is 30.6 Å². The minimum atomic E-state index is -0.0565. The minimum absolute atomic E-state index is 0.0565. The zero-order valence-corrected chi connectivity index (χ0v) is 9.40. The van der Waals surface area contributed by atoms with Crippen LogP contribution in [0.1, 0.15) is 23.0 Å². The van der Waals surface area contributed by atoms with Crippen LogP contribution in [0, 0.1) is 0 Å². The molecule has 1 rings (SSSR count). The second kappa shape index (κ2) is 5.29. The van der Waals surface area contributed by atoms with E-state index in [0.717, 1.165) is 12.0 Å². The number of rotatable bonds is 4. The lowest BCUT2D eigenvalue weighted by atomic mass is 10.1. The SMILES string of the molecule is CCc1ccnc(C(=O)/C=C/N(C)C)c1. The molecule has 1 heterocycles. The summed E-state index contributed by atoms with van der Waals surface area (Å²) < 4.78 is 0. The van der Waals surface area contributed by atoms with Gasteiger partial charge in [0.05, 0.1) is 0 Å². The Morgan fingerprint density at radius 2 is 2.27 bits per heavy atom. The third-order valence-electron chi connectivity index (χ3n) is 2.01. The molecule has 0 atom stereocenters. The number of aryl methyl sites for hydroxylation is 1. The van der Waals surface area contributed by atoms with Gasteiger partial charge in [-0.2, -0.15) is 0 Å². The van der Waals surface area contributed by atoms with E-state index in [9.17, 15) is 4.79 Å². The van der Waals surface area contributed by atoms with E-state index in [-0.39, 0.29) is 5.78 Å². The molecule has 0 unspecified atom stereocenters. The second-order valence-electron chi connectivity index (χ2n) is 3.55. The highest BCUT2D eigenvalue weighted by atomic mass is 16.1. The van der Waals surface area contributed by atoms with E-state index in [1.807, 2.05) is 31.1 Å². The number of ketones is 1. The fraction of sp³-hybridized carbons (Fsp3) is 0.333. The molecule has 0 aromatic carbocycles. The number of hydrogen-bond acceptors (Lipinski definition) is 3. The van der Waals surface area contributed by atoms with Gasteiger partial charge < -0.3 is 4.90 Å². The molecule has 1 aromatic heterocycles. The number of carbonyl (C=O) groups excluding carboxylic acids is 1. The fourth-order valence-electron chi connectivity index (χ4n) is 1.13. The summed E-state index contributed by atoms with van der Waals surface area (Å²) in [5.74, 6) is -0.0565. The average molecular weight is 204 g/mol. The van der Waals surface area contributed by atoms with E-state index < -0.39 is 0 Å². The van der Waals surface area contributed by atoms with Gasteiger partial charge in [-0.25, -0.2) is 0 Å². The maximum atomic E-state index is 11.6. The lowest BCUT2D eigenvalue weighted by Crippen LogP contribution is -2.04. The molecule has 0 saturated carbocycles. The predicted octanol–water partition coefficient (Wildman–Crippen LogP) is 1.90. The van der Waals surface area contributed by atoms with Crippen molar-refractivity contribution in [2.45, 2.75) is 13.3 Å². The van der Waals surface area contributed by atoms with Gasteiger partial charge in [0.25, 0.3) is 0 Å². The normalized spacial score (nSPS) is 10.6. The highest BCUT2D eigenvalue weighted by molar-refractivity contribution is 6.02. The highest BCUT2D eigenvalue weighted by Gasteiger charge is 2.03. The largest absolute Gasteiger partial charge is 0.383 e. The van der Waals surface area contributed by atoms with Crippen LogP contribution in [-0.4, -0.2) is 29.8 Å². The summed E-state index contributed by atoms with van der Waals surface area (Å²) >= 11 is 0. The molecule has 0 bridgehead atoms. The summed E-state index contributed by atoms with van der Waals surface area (Å²) in [7, 11) is 3.75. The van der Waals surface area contributed by atoms with Gasteiger partial charge in [0.2, 0.25) is 5.78 Å².